The van der Waals surface area contributed by atoms with E-state index in [1.165, 1.54) is 16.8 Å². The van der Waals surface area contributed by atoms with E-state index in [4.69, 9.17) is 4.74 Å². The molecule has 0 unspecified atom stereocenters. The molecule has 4 rings (SSSR count). The van der Waals surface area contributed by atoms with Gasteiger partial charge >= 0.3 is 0 Å². The number of aromatic nitrogens is 5. The lowest BCUT2D eigenvalue weighted by Gasteiger charge is -2.34. The Labute approximate surface area is 153 Å². The number of fused-ring (bicyclic) bond motifs is 1. The maximum Gasteiger partial charge on any atom is 0.105 e. The summed E-state index contributed by atoms with van der Waals surface area (Å²) in [6, 6.07) is 10.4. The lowest BCUT2D eigenvalue weighted by Crippen LogP contribution is -2.38. The van der Waals surface area contributed by atoms with Crippen molar-refractivity contribution in [1.29, 1.82) is 0 Å². The van der Waals surface area contributed by atoms with Gasteiger partial charge in [-0.05, 0) is 5.56 Å². The second kappa shape index (κ2) is 7.39. The molecule has 3 heterocycles. The van der Waals surface area contributed by atoms with Crippen molar-refractivity contribution in [1.82, 2.24) is 29.7 Å². The van der Waals surface area contributed by atoms with Crippen molar-refractivity contribution < 1.29 is 4.74 Å². The fourth-order valence-corrected chi connectivity index (χ4v) is 3.54. The van der Waals surface area contributed by atoms with E-state index in [9.17, 15) is 0 Å². The van der Waals surface area contributed by atoms with Gasteiger partial charge in [-0.1, -0.05) is 35.5 Å². The number of aryl methyl sites for hydroxylation is 2. The summed E-state index contributed by atoms with van der Waals surface area (Å²) in [7, 11) is 3.91. The van der Waals surface area contributed by atoms with Crippen molar-refractivity contribution in [3.63, 3.8) is 0 Å². The molecule has 0 saturated heterocycles. The zero-order valence-corrected chi connectivity index (χ0v) is 15.2. The highest BCUT2D eigenvalue weighted by Crippen LogP contribution is 2.29. The van der Waals surface area contributed by atoms with Crippen LogP contribution >= 0.6 is 0 Å². The Morgan fingerprint density at radius 3 is 2.77 bits per heavy atom. The maximum atomic E-state index is 6.06. The van der Waals surface area contributed by atoms with E-state index >= 15 is 0 Å². The van der Waals surface area contributed by atoms with Gasteiger partial charge in [0.2, 0.25) is 0 Å². The van der Waals surface area contributed by atoms with Gasteiger partial charge in [-0.25, -0.2) is 0 Å². The van der Waals surface area contributed by atoms with Crippen LogP contribution in [0.25, 0.3) is 0 Å². The summed E-state index contributed by atoms with van der Waals surface area (Å²) in [6.07, 6.45) is 4.94. The number of nitrogens with zero attached hydrogens (tertiary/aromatic N) is 6. The molecule has 1 aliphatic heterocycles. The van der Waals surface area contributed by atoms with Gasteiger partial charge in [0.05, 0.1) is 31.1 Å². The number of benzene rings is 1. The second-order valence-corrected chi connectivity index (χ2v) is 6.80. The highest BCUT2D eigenvalue weighted by Gasteiger charge is 2.31. The van der Waals surface area contributed by atoms with E-state index in [1.807, 2.05) is 47.9 Å². The Morgan fingerprint density at radius 1 is 1.15 bits per heavy atom. The van der Waals surface area contributed by atoms with Crippen LogP contribution in [0.1, 0.15) is 28.6 Å². The molecule has 0 N–H and O–H groups in total. The van der Waals surface area contributed by atoms with Gasteiger partial charge in [-0.3, -0.25) is 14.3 Å². The molecular formula is C19H24N6O. The summed E-state index contributed by atoms with van der Waals surface area (Å²) in [5.41, 5.74) is 4.63. The molecule has 136 valence electrons. The fourth-order valence-electron chi connectivity index (χ4n) is 3.54. The average Bonchev–Trinajstić information content (AvgIpc) is 3.23. The van der Waals surface area contributed by atoms with E-state index in [0.29, 0.717) is 13.2 Å². The van der Waals surface area contributed by atoms with Crippen molar-refractivity contribution in [3.05, 3.63) is 65.2 Å². The smallest absolute Gasteiger partial charge is 0.105 e. The van der Waals surface area contributed by atoms with Gasteiger partial charge < -0.3 is 4.74 Å². The van der Waals surface area contributed by atoms with Crippen molar-refractivity contribution in [3.8, 4) is 0 Å². The zero-order chi connectivity index (χ0) is 17.9. The molecule has 0 fully saturated rings. The molecular weight excluding hydrogens is 328 g/mol. The topological polar surface area (TPSA) is 61.0 Å². The van der Waals surface area contributed by atoms with Crippen molar-refractivity contribution in [2.24, 2.45) is 14.1 Å². The highest BCUT2D eigenvalue weighted by molar-refractivity contribution is 5.20. The van der Waals surface area contributed by atoms with Crippen molar-refractivity contribution in [2.45, 2.75) is 25.6 Å². The van der Waals surface area contributed by atoms with Gasteiger partial charge in [0, 0.05) is 45.4 Å². The monoisotopic (exact) mass is 352 g/mol. The lowest BCUT2D eigenvalue weighted by molar-refractivity contribution is 0.0389. The molecule has 0 bridgehead atoms. The number of hydrogen-bond donors (Lipinski definition) is 0. The van der Waals surface area contributed by atoms with Crippen LogP contribution in [0.4, 0.5) is 0 Å². The van der Waals surface area contributed by atoms with Crippen LogP contribution in [0.15, 0.2) is 42.7 Å². The van der Waals surface area contributed by atoms with Crippen LogP contribution in [-0.4, -0.2) is 42.8 Å². The Kier molecular flexibility index (Phi) is 4.81. The first kappa shape index (κ1) is 16.9. The normalized spacial score (nSPS) is 17.4. The summed E-state index contributed by atoms with van der Waals surface area (Å²) < 4.78 is 9.79. The van der Waals surface area contributed by atoms with Gasteiger partial charge in [-0.15, -0.1) is 5.10 Å². The molecule has 1 atom stereocenters. The van der Waals surface area contributed by atoms with Gasteiger partial charge in [-0.2, -0.15) is 5.10 Å². The minimum absolute atomic E-state index is 0.108. The highest BCUT2D eigenvalue weighted by atomic mass is 16.5. The standard InChI is InChI=1S/C19H24N6O/c1-23-11-16(10-20-23)12-25-9-8-17-19(21-22-24(17)2)18(25)14-26-13-15-6-4-3-5-7-15/h3-7,10-11,18H,8-9,12-14H2,1-2H3/t18-/m1/s1. The lowest BCUT2D eigenvalue weighted by atomic mass is 10.0. The summed E-state index contributed by atoms with van der Waals surface area (Å²) in [5.74, 6) is 0. The fraction of sp³-hybridized carbons (Fsp3) is 0.421. The molecule has 1 aliphatic rings. The number of rotatable bonds is 6. The summed E-state index contributed by atoms with van der Waals surface area (Å²) in [4.78, 5) is 2.42. The van der Waals surface area contributed by atoms with Gasteiger partial charge in [0.15, 0.2) is 0 Å². The molecule has 26 heavy (non-hydrogen) atoms. The minimum atomic E-state index is 0.108. The first-order chi connectivity index (χ1) is 12.7. The molecule has 0 radical (unpaired) electrons. The quantitative estimate of drug-likeness (QED) is 0.678. The van der Waals surface area contributed by atoms with E-state index in [2.05, 4.69) is 38.6 Å². The molecule has 7 heteroatoms. The molecule has 0 spiro atoms. The maximum absolute atomic E-state index is 6.06. The van der Waals surface area contributed by atoms with Gasteiger partial charge in [0.25, 0.3) is 0 Å². The summed E-state index contributed by atoms with van der Waals surface area (Å²) in [6.45, 7) is 3.00. The van der Waals surface area contributed by atoms with E-state index < -0.39 is 0 Å². The van der Waals surface area contributed by atoms with Crippen LogP contribution in [0, 0.1) is 0 Å². The first-order valence-electron chi connectivity index (χ1n) is 8.92. The molecule has 1 aromatic carbocycles. The van der Waals surface area contributed by atoms with Crippen molar-refractivity contribution in [2.75, 3.05) is 13.2 Å². The van der Waals surface area contributed by atoms with E-state index in [1.54, 1.807) is 0 Å². The largest absolute Gasteiger partial charge is 0.375 e. The third kappa shape index (κ3) is 3.54. The molecule has 2 aromatic heterocycles. The molecule has 0 saturated carbocycles. The predicted molar refractivity (Wildman–Crippen MR) is 97.2 cm³/mol. The third-order valence-corrected chi connectivity index (χ3v) is 4.90. The van der Waals surface area contributed by atoms with Crippen molar-refractivity contribution >= 4 is 0 Å². The Bertz CT molecular complexity index is 856. The third-order valence-electron chi connectivity index (χ3n) is 4.90. The zero-order valence-electron chi connectivity index (χ0n) is 15.2. The summed E-state index contributed by atoms with van der Waals surface area (Å²) in [5, 5.41) is 12.9. The van der Waals surface area contributed by atoms with Crippen LogP contribution in [-0.2, 0) is 38.4 Å². The number of hydrogen-bond acceptors (Lipinski definition) is 5. The molecule has 0 amide bonds. The Balaban J connectivity index is 1.49. The Morgan fingerprint density at radius 2 is 2.00 bits per heavy atom. The van der Waals surface area contributed by atoms with E-state index in [-0.39, 0.29) is 6.04 Å². The van der Waals surface area contributed by atoms with Crippen LogP contribution in [0.5, 0.6) is 0 Å². The first-order valence-corrected chi connectivity index (χ1v) is 8.92. The average molecular weight is 352 g/mol. The molecule has 3 aromatic rings. The van der Waals surface area contributed by atoms with E-state index in [0.717, 1.165) is 25.2 Å². The SMILES string of the molecule is Cn1cc(CN2CCc3c(nnn3C)[C@H]2COCc2ccccc2)cn1. The second-order valence-electron chi connectivity index (χ2n) is 6.80. The van der Waals surface area contributed by atoms with Crippen LogP contribution in [0.3, 0.4) is 0 Å². The molecule has 0 aliphatic carbocycles. The Hall–Kier alpha value is -2.51. The van der Waals surface area contributed by atoms with Gasteiger partial charge in [0.1, 0.15) is 5.69 Å². The minimum Gasteiger partial charge on any atom is -0.375 e. The molecule has 7 nitrogen and oxygen atoms in total. The van der Waals surface area contributed by atoms with Crippen LogP contribution < -0.4 is 0 Å². The number of ether oxygens (including phenoxy) is 1. The summed E-state index contributed by atoms with van der Waals surface area (Å²) >= 11 is 0. The predicted octanol–water partition coefficient (Wildman–Crippen LogP) is 1.86. The van der Waals surface area contributed by atoms with Crippen LogP contribution in [0.2, 0.25) is 0 Å².